The van der Waals surface area contributed by atoms with Crippen molar-refractivity contribution in [2.75, 3.05) is 0 Å². The summed E-state index contributed by atoms with van der Waals surface area (Å²) in [4.78, 5) is 8.07. The quantitative estimate of drug-likeness (QED) is 0.775. The largest absolute Gasteiger partial charge is 0.474 e. The minimum Gasteiger partial charge on any atom is -0.474 e. The van der Waals surface area contributed by atoms with Crippen LogP contribution < -0.4 is 4.74 Å². The molecule has 0 radical (unpaired) electrons. The molecule has 1 aliphatic carbocycles. The second-order valence-corrected chi connectivity index (χ2v) is 5.00. The summed E-state index contributed by atoms with van der Waals surface area (Å²) in [5.74, 6) is 1.45. The molecule has 1 saturated carbocycles. The van der Waals surface area contributed by atoms with Gasteiger partial charge in [0.2, 0.25) is 5.88 Å². The van der Waals surface area contributed by atoms with E-state index in [9.17, 15) is 0 Å². The predicted octanol–water partition coefficient (Wildman–Crippen LogP) is 3.20. The fourth-order valence-corrected chi connectivity index (χ4v) is 2.33. The first-order chi connectivity index (χ1) is 7.24. The number of nitrogens with zero attached hydrogens (tertiary/aromatic N) is 2. The Bertz CT molecular complexity index is 332. The zero-order valence-electron chi connectivity index (χ0n) is 8.82. The Labute approximate surface area is 98.4 Å². The van der Waals surface area contributed by atoms with Gasteiger partial charge in [0.05, 0.1) is 0 Å². The minimum absolute atomic E-state index is 0.329. The van der Waals surface area contributed by atoms with Crippen molar-refractivity contribution in [1.82, 2.24) is 9.97 Å². The summed E-state index contributed by atoms with van der Waals surface area (Å²) in [7, 11) is 0. The van der Waals surface area contributed by atoms with E-state index in [-0.39, 0.29) is 0 Å². The van der Waals surface area contributed by atoms with Crippen molar-refractivity contribution in [3.05, 3.63) is 17.0 Å². The van der Waals surface area contributed by atoms with Gasteiger partial charge in [0.25, 0.3) is 0 Å². The number of aromatic nitrogens is 2. The average Bonchev–Trinajstić information content (AvgIpc) is 2.17. The van der Waals surface area contributed by atoms with Gasteiger partial charge in [-0.05, 0) is 41.1 Å². The van der Waals surface area contributed by atoms with Gasteiger partial charge in [0.15, 0.2) is 0 Å². The zero-order chi connectivity index (χ0) is 10.7. The van der Waals surface area contributed by atoms with Crippen LogP contribution in [0.1, 0.15) is 32.6 Å². The summed E-state index contributed by atoms with van der Waals surface area (Å²) in [5.41, 5.74) is 0. The van der Waals surface area contributed by atoms with Crippen molar-refractivity contribution >= 4 is 15.9 Å². The Balaban J connectivity index is 1.96. The first-order valence-electron chi connectivity index (χ1n) is 5.38. The Hall–Kier alpha value is -0.640. The lowest BCUT2D eigenvalue weighted by Crippen LogP contribution is -2.24. The molecule has 3 nitrogen and oxygen atoms in total. The van der Waals surface area contributed by atoms with Crippen LogP contribution in [0, 0.1) is 5.92 Å². The van der Waals surface area contributed by atoms with Crippen molar-refractivity contribution in [3.63, 3.8) is 0 Å². The molecule has 1 aromatic rings. The monoisotopic (exact) mass is 270 g/mol. The maximum absolute atomic E-state index is 5.83. The topological polar surface area (TPSA) is 35.0 Å². The molecule has 0 saturated heterocycles. The van der Waals surface area contributed by atoms with Gasteiger partial charge in [0, 0.05) is 6.07 Å². The molecule has 0 amide bonds. The number of ether oxygens (including phenoxy) is 1. The van der Waals surface area contributed by atoms with Crippen molar-refractivity contribution in [2.45, 2.75) is 38.7 Å². The van der Waals surface area contributed by atoms with Gasteiger partial charge in [-0.2, -0.15) is 0 Å². The smallest absolute Gasteiger partial charge is 0.217 e. The van der Waals surface area contributed by atoms with E-state index >= 15 is 0 Å². The molecule has 0 N–H and O–H groups in total. The van der Waals surface area contributed by atoms with Crippen LogP contribution in [-0.4, -0.2) is 16.1 Å². The first-order valence-corrected chi connectivity index (χ1v) is 6.17. The molecular formula is C11H15BrN2O. The van der Waals surface area contributed by atoms with Crippen LogP contribution in [0.25, 0.3) is 0 Å². The molecular weight excluding hydrogens is 256 g/mol. The summed E-state index contributed by atoms with van der Waals surface area (Å²) < 4.78 is 6.60. The maximum atomic E-state index is 5.83. The zero-order valence-corrected chi connectivity index (χ0v) is 10.4. The van der Waals surface area contributed by atoms with Gasteiger partial charge in [-0.1, -0.05) is 13.3 Å². The normalized spacial score (nSPS) is 26.3. The van der Waals surface area contributed by atoms with Crippen LogP contribution in [0.3, 0.4) is 0 Å². The third-order valence-corrected chi connectivity index (χ3v) is 3.22. The Morgan fingerprint density at radius 2 is 2.27 bits per heavy atom. The predicted molar refractivity (Wildman–Crippen MR) is 61.8 cm³/mol. The average molecular weight is 271 g/mol. The van der Waals surface area contributed by atoms with E-state index in [4.69, 9.17) is 4.74 Å². The second-order valence-electron chi connectivity index (χ2n) is 4.19. The van der Waals surface area contributed by atoms with Gasteiger partial charge in [-0.3, -0.25) is 0 Å². The number of rotatable bonds is 2. The van der Waals surface area contributed by atoms with Crippen LogP contribution in [0.2, 0.25) is 0 Å². The van der Waals surface area contributed by atoms with E-state index < -0.39 is 0 Å². The lowest BCUT2D eigenvalue weighted by molar-refractivity contribution is 0.123. The summed E-state index contributed by atoms with van der Waals surface area (Å²) in [5, 5.41) is 0. The number of hydrogen-bond acceptors (Lipinski definition) is 3. The molecule has 0 spiro atoms. The molecule has 2 unspecified atom stereocenters. The molecule has 82 valence electrons. The van der Waals surface area contributed by atoms with Gasteiger partial charge >= 0.3 is 0 Å². The Kier molecular flexibility index (Phi) is 3.57. The van der Waals surface area contributed by atoms with Gasteiger partial charge in [-0.15, -0.1) is 0 Å². The molecule has 0 aromatic carbocycles. The third-order valence-electron chi connectivity index (χ3n) is 2.78. The van der Waals surface area contributed by atoms with E-state index in [0.717, 1.165) is 23.4 Å². The van der Waals surface area contributed by atoms with Crippen LogP contribution in [0.4, 0.5) is 0 Å². The van der Waals surface area contributed by atoms with E-state index in [1.54, 1.807) is 0 Å². The van der Waals surface area contributed by atoms with Crippen LogP contribution in [-0.2, 0) is 0 Å². The van der Waals surface area contributed by atoms with Crippen molar-refractivity contribution in [3.8, 4) is 5.88 Å². The van der Waals surface area contributed by atoms with Crippen molar-refractivity contribution in [1.29, 1.82) is 0 Å². The number of halogens is 1. The summed E-state index contributed by atoms with van der Waals surface area (Å²) in [6.45, 7) is 2.28. The van der Waals surface area contributed by atoms with Crippen LogP contribution in [0.15, 0.2) is 17.0 Å². The Morgan fingerprint density at radius 3 is 3.00 bits per heavy atom. The SMILES string of the molecule is CC1CCCC(Oc2cc(Br)ncn2)C1. The highest BCUT2D eigenvalue weighted by Gasteiger charge is 2.20. The van der Waals surface area contributed by atoms with Crippen molar-refractivity contribution < 1.29 is 4.74 Å². The summed E-state index contributed by atoms with van der Waals surface area (Å²) >= 11 is 3.31. The fourth-order valence-electron chi connectivity index (χ4n) is 2.04. The molecule has 2 rings (SSSR count). The van der Waals surface area contributed by atoms with E-state index in [1.165, 1.54) is 19.2 Å². The molecule has 1 aliphatic rings. The van der Waals surface area contributed by atoms with Crippen molar-refractivity contribution in [2.24, 2.45) is 5.92 Å². The standard InChI is InChI=1S/C11H15BrN2O/c1-8-3-2-4-9(5-8)15-11-6-10(12)13-7-14-11/h6-9H,2-5H2,1H3. The highest BCUT2D eigenvalue weighted by Crippen LogP contribution is 2.26. The molecule has 2 atom stereocenters. The second kappa shape index (κ2) is 4.92. The molecule has 0 bridgehead atoms. The van der Waals surface area contributed by atoms with E-state index in [2.05, 4.69) is 32.8 Å². The molecule has 0 aliphatic heterocycles. The summed E-state index contributed by atoms with van der Waals surface area (Å²) in [6, 6.07) is 1.82. The lowest BCUT2D eigenvalue weighted by atomic mass is 9.89. The van der Waals surface area contributed by atoms with Gasteiger partial charge in [-0.25, -0.2) is 9.97 Å². The minimum atomic E-state index is 0.329. The van der Waals surface area contributed by atoms with Crippen LogP contribution >= 0.6 is 15.9 Å². The highest BCUT2D eigenvalue weighted by atomic mass is 79.9. The molecule has 1 fully saturated rings. The van der Waals surface area contributed by atoms with Crippen LogP contribution in [0.5, 0.6) is 5.88 Å². The molecule has 15 heavy (non-hydrogen) atoms. The summed E-state index contributed by atoms with van der Waals surface area (Å²) in [6.07, 6.45) is 6.72. The lowest BCUT2D eigenvalue weighted by Gasteiger charge is -2.26. The fraction of sp³-hybridized carbons (Fsp3) is 0.636. The van der Waals surface area contributed by atoms with E-state index in [0.29, 0.717) is 12.0 Å². The first kappa shape index (κ1) is 10.9. The van der Waals surface area contributed by atoms with Gasteiger partial charge in [0.1, 0.15) is 17.0 Å². The maximum Gasteiger partial charge on any atom is 0.217 e. The van der Waals surface area contributed by atoms with Gasteiger partial charge < -0.3 is 4.74 Å². The molecule has 1 aromatic heterocycles. The highest BCUT2D eigenvalue weighted by molar-refractivity contribution is 9.10. The Morgan fingerprint density at radius 1 is 1.40 bits per heavy atom. The third kappa shape index (κ3) is 3.16. The molecule has 4 heteroatoms. The molecule has 1 heterocycles. The van der Waals surface area contributed by atoms with E-state index in [1.807, 2.05) is 6.07 Å². The number of hydrogen-bond donors (Lipinski definition) is 0.